The zero-order valence-electron chi connectivity index (χ0n) is 16.4. The molecule has 2 aromatic rings. The molecule has 2 aromatic carbocycles. The van der Waals surface area contributed by atoms with Crippen LogP contribution in [0.2, 0.25) is 5.02 Å². The predicted octanol–water partition coefficient (Wildman–Crippen LogP) is 3.55. The molecule has 0 aromatic heterocycles. The zero-order chi connectivity index (χ0) is 20.9. The summed E-state index contributed by atoms with van der Waals surface area (Å²) in [6, 6.07) is 11.3. The molecule has 0 bridgehead atoms. The van der Waals surface area contributed by atoms with Gasteiger partial charge in [-0.05, 0) is 54.8 Å². The Morgan fingerprint density at radius 2 is 1.86 bits per heavy atom. The fourth-order valence-corrected chi connectivity index (χ4v) is 4.11. The van der Waals surface area contributed by atoms with Crippen LogP contribution in [0.25, 0.3) is 0 Å². The van der Waals surface area contributed by atoms with Crippen molar-refractivity contribution in [2.24, 2.45) is 0 Å². The van der Waals surface area contributed by atoms with Crippen LogP contribution in [0.5, 0.6) is 5.75 Å². The molecule has 0 saturated carbocycles. The minimum Gasteiger partial charge on any atom is -0.496 e. The Morgan fingerprint density at radius 3 is 2.39 bits per heavy atom. The van der Waals surface area contributed by atoms with Crippen LogP contribution in [0.15, 0.2) is 47.4 Å². The number of methoxy groups -OCH3 is 1. The first kappa shape index (κ1) is 22.2. The van der Waals surface area contributed by atoms with Crippen LogP contribution in [0, 0.1) is 6.92 Å². The molecule has 2 rings (SSSR count). The van der Waals surface area contributed by atoms with Crippen LogP contribution in [0.1, 0.15) is 30.5 Å². The highest BCUT2D eigenvalue weighted by Gasteiger charge is 2.24. The lowest BCUT2D eigenvalue weighted by molar-refractivity contribution is -0.121. The monoisotopic (exact) mass is 424 g/mol. The van der Waals surface area contributed by atoms with E-state index in [-0.39, 0.29) is 23.4 Å². The van der Waals surface area contributed by atoms with Crippen molar-refractivity contribution < 1.29 is 17.9 Å². The lowest BCUT2D eigenvalue weighted by Gasteiger charge is -2.21. The van der Waals surface area contributed by atoms with Gasteiger partial charge in [-0.15, -0.1) is 0 Å². The number of rotatable bonds is 8. The van der Waals surface area contributed by atoms with Gasteiger partial charge >= 0.3 is 0 Å². The first-order valence-electron chi connectivity index (χ1n) is 8.84. The number of amides is 1. The molecular weight excluding hydrogens is 400 g/mol. The van der Waals surface area contributed by atoms with Crippen LogP contribution in [0.3, 0.4) is 0 Å². The maximum absolute atomic E-state index is 12.6. The second kappa shape index (κ2) is 9.41. The fraction of sp³-hybridized carbons (Fsp3) is 0.350. The van der Waals surface area contributed by atoms with E-state index in [1.54, 1.807) is 7.11 Å². The van der Waals surface area contributed by atoms with Crippen molar-refractivity contribution in [1.29, 1.82) is 0 Å². The van der Waals surface area contributed by atoms with E-state index in [1.165, 1.54) is 31.3 Å². The molecule has 28 heavy (non-hydrogen) atoms. The molecule has 8 heteroatoms. The summed E-state index contributed by atoms with van der Waals surface area (Å²) < 4.78 is 31.5. The number of nitrogens with one attached hydrogen (secondary N) is 1. The topological polar surface area (TPSA) is 75.7 Å². The number of carbonyl (C=O) groups excluding carboxylic acids is 1. The number of carbonyl (C=O) groups is 1. The number of aryl methyl sites for hydroxylation is 1. The number of ether oxygens (including phenoxy) is 1. The quantitative estimate of drug-likeness (QED) is 0.703. The van der Waals surface area contributed by atoms with Gasteiger partial charge in [-0.3, -0.25) is 4.79 Å². The van der Waals surface area contributed by atoms with Crippen molar-refractivity contribution in [2.75, 3.05) is 20.7 Å². The highest BCUT2D eigenvalue weighted by Crippen LogP contribution is 2.24. The van der Waals surface area contributed by atoms with Crippen molar-refractivity contribution in [3.05, 3.63) is 58.6 Å². The number of hydrogen-bond donors (Lipinski definition) is 1. The van der Waals surface area contributed by atoms with Crippen molar-refractivity contribution in [3.8, 4) is 5.75 Å². The van der Waals surface area contributed by atoms with Crippen LogP contribution in [-0.4, -0.2) is 39.3 Å². The molecule has 1 N–H and O–H groups in total. The summed E-state index contributed by atoms with van der Waals surface area (Å²) in [5.41, 5.74) is 1.91. The smallest absolute Gasteiger partial charge is 0.243 e. The van der Waals surface area contributed by atoms with E-state index in [0.717, 1.165) is 21.2 Å². The molecule has 1 atom stereocenters. The minimum atomic E-state index is -3.78. The van der Waals surface area contributed by atoms with E-state index in [9.17, 15) is 13.2 Å². The molecule has 0 aliphatic rings. The normalized spacial score (nSPS) is 12.6. The Balaban J connectivity index is 2.08. The summed E-state index contributed by atoms with van der Waals surface area (Å²) >= 11 is 5.81. The van der Waals surface area contributed by atoms with Crippen molar-refractivity contribution in [2.45, 2.75) is 31.2 Å². The van der Waals surface area contributed by atoms with E-state index >= 15 is 0 Å². The second-order valence-electron chi connectivity index (χ2n) is 6.47. The molecule has 0 fully saturated rings. The molecule has 1 amide bonds. The van der Waals surface area contributed by atoms with Crippen LogP contribution in [-0.2, 0) is 14.8 Å². The summed E-state index contributed by atoms with van der Waals surface area (Å²) in [5.74, 6) is 0.402. The van der Waals surface area contributed by atoms with Gasteiger partial charge in [0, 0.05) is 12.1 Å². The summed E-state index contributed by atoms with van der Waals surface area (Å²) in [5, 5.41) is 3.35. The number of sulfonamides is 1. The molecule has 0 spiro atoms. The molecule has 0 aliphatic heterocycles. The lowest BCUT2D eigenvalue weighted by atomic mass is 10.0. The number of hydrogen-bond acceptors (Lipinski definition) is 4. The van der Waals surface area contributed by atoms with Crippen molar-refractivity contribution in [1.82, 2.24) is 9.62 Å². The van der Waals surface area contributed by atoms with E-state index in [4.69, 9.17) is 16.3 Å². The van der Waals surface area contributed by atoms with Gasteiger partial charge in [0.15, 0.2) is 0 Å². The van der Waals surface area contributed by atoms with Crippen molar-refractivity contribution in [3.63, 3.8) is 0 Å². The molecule has 0 saturated heterocycles. The summed E-state index contributed by atoms with van der Waals surface area (Å²) in [6.07, 6.45) is 0.672. The lowest BCUT2D eigenvalue weighted by Crippen LogP contribution is -2.39. The average Bonchev–Trinajstić information content (AvgIpc) is 2.66. The van der Waals surface area contributed by atoms with Crippen LogP contribution in [0.4, 0.5) is 0 Å². The number of benzene rings is 2. The zero-order valence-corrected chi connectivity index (χ0v) is 18.0. The van der Waals surface area contributed by atoms with Gasteiger partial charge in [0.25, 0.3) is 0 Å². The Bertz CT molecular complexity index is 930. The number of likely N-dealkylation sites (N-methyl/N-ethyl adjacent to an activating group) is 1. The molecular formula is C20H25ClN2O4S. The maximum Gasteiger partial charge on any atom is 0.243 e. The van der Waals surface area contributed by atoms with Gasteiger partial charge < -0.3 is 10.1 Å². The first-order valence-corrected chi connectivity index (χ1v) is 10.7. The Hall–Kier alpha value is -2.09. The van der Waals surface area contributed by atoms with Gasteiger partial charge in [-0.1, -0.05) is 30.7 Å². The molecule has 0 unspecified atom stereocenters. The number of halogens is 1. The highest BCUT2D eigenvalue weighted by molar-refractivity contribution is 7.89. The molecule has 6 nitrogen and oxygen atoms in total. The Kier molecular flexibility index (Phi) is 7.46. The van der Waals surface area contributed by atoms with Gasteiger partial charge in [0.2, 0.25) is 15.9 Å². The largest absolute Gasteiger partial charge is 0.496 e. The molecule has 0 aliphatic carbocycles. The third-order valence-electron chi connectivity index (χ3n) is 4.45. The standard InChI is InChI=1S/C20H25ClN2O4S/c1-5-18(15-6-11-19(27-4)14(2)12-15)22-20(24)13-23(3)28(25,26)17-9-7-16(21)8-10-17/h6-12,18H,5,13H2,1-4H3,(H,22,24)/t18-/m1/s1. The Morgan fingerprint density at radius 1 is 1.21 bits per heavy atom. The van der Waals surface area contributed by atoms with Gasteiger partial charge in [-0.2, -0.15) is 4.31 Å². The minimum absolute atomic E-state index is 0.0880. The SMILES string of the molecule is CC[C@@H](NC(=O)CN(C)S(=O)(=O)c1ccc(Cl)cc1)c1ccc(OC)c(C)c1. The van der Waals surface area contributed by atoms with Gasteiger partial charge in [0.1, 0.15) is 5.75 Å². The van der Waals surface area contributed by atoms with E-state index < -0.39 is 10.0 Å². The van der Waals surface area contributed by atoms with Crippen LogP contribution >= 0.6 is 11.6 Å². The van der Waals surface area contributed by atoms with Crippen molar-refractivity contribution >= 4 is 27.5 Å². The maximum atomic E-state index is 12.6. The summed E-state index contributed by atoms with van der Waals surface area (Å²) in [7, 11) is -0.790. The third-order valence-corrected chi connectivity index (χ3v) is 6.52. The van der Waals surface area contributed by atoms with Gasteiger partial charge in [0.05, 0.1) is 24.6 Å². The molecule has 0 heterocycles. The van der Waals surface area contributed by atoms with Crippen LogP contribution < -0.4 is 10.1 Å². The van der Waals surface area contributed by atoms with E-state index in [1.807, 2.05) is 32.0 Å². The average molecular weight is 425 g/mol. The predicted molar refractivity (Wildman–Crippen MR) is 110 cm³/mol. The molecule has 152 valence electrons. The van der Waals surface area contributed by atoms with Gasteiger partial charge in [-0.25, -0.2) is 8.42 Å². The first-order chi connectivity index (χ1) is 13.2. The third kappa shape index (κ3) is 5.25. The number of nitrogens with zero attached hydrogens (tertiary/aromatic N) is 1. The fourth-order valence-electron chi connectivity index (χ4n) is 2.85. The Labute approximate surface area is 171 Å². The van der Waals surface area contributed by atoms with E-state index in [0.29, 0.717) is 11.4 Å². The van der Waals surface area contributed by atoms with E-state index in [2.05, 4.69) is 5.32 Å². The second-order valence-corrected chi connectivity index (χ2v) is 8.95. The highest BCUT2D eigenvalue weighted by atomic mass is 35.5. The summed E-state index contributed by atoms with van der Waals surface area (Å²) in [6.45, 7) is 3.61. The molecule has 0 radical (unpaired) electrons. The summed E-state index contributed by atoms with van der Waals surface area (Å²) in [4.78, 5) is 12.6.